The van der Waals surface area contributed by atoms with Gasteiger partial charge in [-0.2, -0.15) is 0 Å². The van der Waals surface area contributed by atoms with E-state index < -0.39 is 11.6 Å². The van der Waals surface area contributed by atoms with Gasteiger partial charge in [0.2, 0.25) is 0 Å². The predicted molar refractivity (Wildman–Crippen MR) is 76.6 cm³/mol. The molecule has 0 spiro atoms. The van der Waals surface area contributed by atoms with Crippen LogP contribution in [0.2, 0.25) is 0 Å². The molecule has 5 heteroatoms. The molecule has 1 aliphatic rings. The van der Waals surface area contributed by atoms with Crippen molar-refractivity contribution in [3.63, 3.8) is 0 Å². The first-order chi connectivity index (χ1) is 9.10. The molecule has 0 bridgehead atoms. The molecule has 1 aromatic carbocycles. The summed E-state index contributed by atoms with van der Waals surface area (Å²) in [6, 6.07) is 2.42. The maximum absolute atomic E-state index is 13.5. The number of hydrogen-bond acceptors (Lipinski definition) is 2. The average Bonchev–Trinajstić information content (AvgIpc) is 2.32. The molecule has 108 valence electrons. The molecule has 2 nitrogen and oxygen atoms in total. The van der Waals surface area contributed by atoms with Crippen LogP contribution < -0.4 is 4.74 Å². The molecule has 0 unspecified atom stereocenters. The Kier molecular flexibility index (Phi) is 6.72. The van der Waals surface area contributed by atoms with Crippen molar-refractivity contribution < 1.29 is 13.5 Å². The van der Waals surface area contributed by atoms with E-state index >= 15 is 0 Å². The lowest BCUT2D eigenvalue weighted by Gasteiger charge is -2.38. The number of hydrogen-bond donors (Lipinski definition) is 0. The van der Waals surface area contributed by atoms with E-state index in [2.05, 4.69) is 27.8 Å². The van der Waals surface area contributed by atoms with Gasteiger partial charge >= 0.3 is 0 Å². The van der Waals surface area contributed by atoms with Crippen LogP contribution in [0.25, 0.3) is 0 Å². The second-order valence-corrected chi connectivity index (χ2v) is 5.11. The first-order valence-corrected chi connectivity index (χ1v) is 7.43. The van der Waals surface area contributed by atoms with Gasteiger partial charge in [-0.3, -0.25) is 4.90 Å². The highest BCUT2D eigenvalue weighted by Gasteiger charge is 2.29. The second kappa shape index (κ2) is 7.80. The minimum Gasteiger partial charge on any atom is -0.482 e. The number of ether oxygens (including phenoxy) is 1. The van der Waals surface area contributed by atoms with E-state index in [0.29, 0.717) is 4.47 Å². The summed E-state index contributed by atoms with van der Waals surface area (Å²) in [5.41, 5.74) is 0. The van der Waals surface area contributed by atoms with Gasteiger partial charge in [-0.15, -0.1) is 0 Å². The molecule has 1 saturated heterocycles. The van der Waals surface area contributed by atoms with Crippen molar-refractivity contribution in [3.8, 4) is 5.75 Å². The first kappa shape index (κ1) is 16.4. The zero-order valence-corrected chi connectivity index (χ0v) is 13.1. The Morgan fingerprint density at radius 2 is 1.79 bits per heavy atom. The molecule has 19 heavy (non-hydrogen) atoms. The van der Waals surface area contributed by atoms with E-state index in [-0.39, 0.29) is 11.9 Å². The van der Waals surface area contributed by atoms with E-state index in [4.69, 9.17) is 4.74 Å². The normalized spacial score (nSPS) is 15.5. The van der Waals surface area contributed by atoms with Crippen LogP contribution in [0.1, 0.15) is 27.2 Å². The smallest absolute Gasteiger partial charge is 0.191 e. The molecule has 0 aromatic heterocycles. The average molecular weight is 336 g/mol. The Morgan fingerprint density at radius 1 is 1.26 bits per heavy atom. The van der Waals surface area contributed by atoms with Crippen LogP contribution in [-0.2, 0) is 0 Å². The first-order valence-electron chi connectivity index (χ1n) is 6.63. The zero-order valence-electron chi connectivity index (χ0n) is 11.5. The summed E-state index contributed by atoms with van der Waals surface area (Å²) >= 11 is 3.03. The summed E-state index contributed by atoms with van der Waals surface area (Å²) in [5.74, 6) is -1.59. The summed E-state index contributed by atoms with van der Waals surface area (Å²) in [6.45, 7) is 8.58. The van der Waals surface area contributed by atoms with Crippen molar-refractivity contribution >= 4 is 15.9 Å². The number of rotatable bonds is 4. The van der Waals surface area contributed by atoms with Crippen molar-refractivity contribution in [2.75, 3.05) is 19.6 Å². The van der Waals surface area contributed by atoms with Crippen LogP contribution in [0.15, 0.2) is 16.6 Å². The van der Waals surface area contributed by atoms with Crippen molar-refractivity contribution in [1.29, 1.82) is 0 Å². The summed E-state index contributed by atoms with van der Waals surface area (Å²) in [6.07, 6.45) is 0.972. The lowest BCUT2D eigenvalue weighted by molar-refractivity contribution is 0.0154. The minimum atomic E-state index is -0.661. The van der Waals surface area contributed by atoms with Gasteiger partial charge in [0.25, 0.3) is 0 Å². The standard InChI is InChI=1S/C12H14BrF2NO.C2H6/c1-2-3-16-6-9(7-16)17-12-10(14)4-8(13)5-11(12)15;1-2/h4-5,9H,2-3,6-7H2,1H3;1-2H3. The monoisotopic (exact) mass is 335 g/mol. The van der Waals surface area contributed by atoms with Gasteiger partial charge < -0.3 is 4.74 Å². The Morgan fingerprint density at radius 3 is 2.26 bits per heavy atom. The summed E-state index contributed by atoms with van der Waals surface area (Å²) in [7, 11) is 0. The lowest BCUT2D eigenvalue weighted by atomic mass is 10.1. The van der Waals surface area contributed by atoms with E-state index in [1.165, 1.54) is 12.1 Å². The zero-order chi connectivity index (χ0) is 14.4. The highest BCUT2D eigenvalue weighted by atomic mass is 79.9. The Bertz CT molecular complexity index is 385. The van der Waals surface area contributed by atoms with E-state index in [1.807, 2.05) is 13.8 Å². The quantitative estimate of drug-likeness (QED) is 0.816. The third-order valence-electron chi connectivity index (χ3n) is 2.71. The lowest BCUT2D eigenvalue weighted by Crippen LogP contribution is -2.53. The minimum absolute atomic E-state index is 0.105. The SMILES string of the molecule is CC.CCCN1CC(Oc2c(F)cc(Br)cc2F)C1. The van der Waals surface area contributed by atoms with Crippen molar-refractivity contribution in [2.24, 2.45) is 0 Å². The fourth-order valence-corrected chi connectivity index (χ4v) is 2.31. The molecule has 0 N–H and O–H groups in total. The van der Waals surface area contributed by atoms with E-state index in [9.17, 15) is 8.78 Å². The number of benzene rings is 1. The van der Waals surface area contributed by atoms with Gasteiger partial charge in [0.1, 0.15) is 6.10 Å². The fraction of sp³-hybridized carbons (Fsp3) is 0.571. The molecule has 2 rings (SSSR count). The molecule has 1 aromatic rings. The molecule has 0 radical (unpaired) electrons. The fourth-order valence-electron chi connectivity index (χ4n) is 1.90. The van der Waals surface area contributed by atoms with Crippen molar-refractivity contribution in [3.05, 3.63) is 28.2 Å². The highest BCUT2D eigenvalue weighted by Crippen LogP contribution is 2.28. The molecule has 1 fully saturated rings. The van der Waals surface area contributed by atoms with E-state index in [1.54, 1.807) is 0 Å². The van der Waals surface area contributed by atoms with Crippen LogP contribution in [0.4, 0.5) is 8.78 Å². The van der Waals surface area contributed by atoms with E-state index in [0.717, 1.165) is 26.1 Å². The summed E-state index contributed by atoms with van der Waals surface area (Å²) < 4.78 is 32.6. The molecular weight excluding hydrogens is 316 g/mol. The topological polar surface area (TPSA) is 12.5 Å². The summed E-state index contributed by atoms with van der Waals surface area (Å²) in [4.78, 5) is 2.19. The highest BCUT2D eigenvalue weighted by molar-refractivity contribution is 9.10. The second-order valence-electron chi connectivity index (χ2n) is 4.20. The molecule has 0 atom stereocenters. The van der Waals surface area contributed by atoms with Crippen LogP contribution >= 0.6 is 15.9 Å². The maximum Gasteiger partial charge on any atom is 0.191 e. The molecular formula is C14H20BrF2NO. The Balaban J connectivity index is 0.000000861. The predicted octanol–water partition coefficient (Wildman–Crippen LogP) is 4.23. The number of likely N-dealkylation sites (tertiary alicyclic amines) is 1. The third-order valence-corrected chi connectivity index (χ3v) is 3.17. The van der Waals surface area contributed by atoms with Gasteiger partial charge in [-0.05, 0) is 25.1 Å². The molecule has 0 amide bonds. The molecule has 1 heterocycles. The van der Waals surface area contributed by atoms with Crippen molar-refractivity contribution in [1.82, 2.24) is 4.90 Å². The third kappa shape index (κ3) is 4.42. The molecule has 1 aliphatic heterocycles. The van der Waals surface area contributed by atoms with Crippen LogP contribution in [0, 0.1) is 11.6 Å². The van der Waals surface area contributed by atoms with Gasteiger partial charge in [0.05, 0.1) is 0 Å². The van der Waals surface area contributed by atoms with Crippen LogP contribution in [0.5, 0.6) is 5.75 Å². The Labute approximate surface area is 121 Å². The molecule has 0 aliphatic carbocycles. The van der Waals surface area contributed by atoms with Gasteiger partial charge in [-0.25, -0.2) is 8.78 Å². The van der Waals surface area contributed by atoms with Crippen molar-refractivity contribution in [2.45, 2.75) is 33.3 Å². The molecule has 0 saturated carbocycles. The summed E-state index contributed by atoms with van der Waals surface area (Å²) in [5, 5.41) is 0. The van der Waals surface area contributed by atoms with Gasteiger partial charge in [-0.1, -0.05) is 36.7 Å². The largest absolute Gasteiger partial charge is 0.482 e. The van der Waals surface area contributed by atoms with Gasteiger partial charge in [0.15, 0.2) is 17.4 Å². The maximum atomic E-state index is 13.5. The van der Waals surface area contributed by atoms with Gasteiger partial charge in [0, 0.05) is 17.6 Å². The number of halogens is 3. The van der Waals surface area contributed by atoms with Crippen LogP contribution in [-0.4, -0.2) is 30.6 Å². The Hall–Kier alpha value is -0.680. The van der Waals surface area contributed by atoms with Crippen LogP contribution in [0.3, 0.4) is 0 Å². The number of nitrogens with zero attached hydrogens (tertiary/aromatic N) is 1.